The number of pyridine rings is 2. The van der Waals surface area contributed by atoms with Gasteiger partial charge in [-0.1, -0.05) is 44.7 Å². The molecule has 4 aromatic rings. The second kappa shape index (κ2) is 12.9. The van der Waals surface area contributed by atoms with E-state index >= 15 is 0 Å². The first kappa shape index (κ1) is 27.6. The van der Waals surface area contributed by atoms with E-state index in [2.05, 4.69) is 65.0 Å². The second-order valence-electron chi connectivity index (χ2n) is 9.48. The predicted octanol–water partition coefficient (Wildman–Crippen LogP) is 8.16. The number of hydrogen-bond acceptors (Lipinski definition) is 4. The molecule has 6 heteroatoms. The molecule has 0 aliphatic heterocycles. The molecule has 0 aliphatic rings. The maximum atomic E-state index is 13.5. The molecule has 0 saturated carbocycles. The molecule has 200 valence electrons. The summed E-state index contributed by atoms with van der Waals surface area (Å²) in [5.74, 6) is -0.255. The molecule has 5 nitrogen and oxygen atoms in total. The summed E-state index contributed by atoms with van der Waals surface area (Å²) in [6.45, 7) is 12.3. The van der Waals surface area contributed by atoms with Crippen molar-refractivity contribution in [3.05, 3.63) is 121 Å². The molecule has 3 N–H and O–H groups in total. The molecule has 3 heterocycles. The standard InChI is InChI=1S/C33H36FN5/c1-6-9-10-22(4)38-27(8-3)15-23(7-2)31-17-25(32(35-5)21-37-31)16-28-18-29-30(19-36-20-33(29)39-28)24-11-13-26(34)14-12-24/h7-8,11-15,17-21,35,38-39H,3-4,6,9-10,16H2,1-2,5H3/b23-7+,27-15+. The van der Waals surface area contributed by atoms with Crippen molar-refractivity contribution >= 4 is 22.2 Å². The molecule has 39 heavy (non-hydrogen) atoms. The number of halogens is 1. The van der Waals surface area contributed by atoms with Gasteiger partial charge in [0.1, 0.15) is 5.82 Å². The van der Waals surface area contributed by atoms with Crippen molar-refractivity contribution in [3.63, 3.8) is 0 Å². The van der Waals surface area contributed by atoms with Crippen LogP contribution in [0.3, 0.4) is 0 Å². The first-order chi connectivity index (χ1) is 18.9. The Morgan fingerprint density at radius 1 is 1.13 bits per heavy atom. The molecule has 0 fully saturated rings. The monoisotopic (exact) mass is 521 g/mol. The SMILES string of the molecule is C=C/C(=C\C(=C/C)c1cc(Cc2cc3c(-c4ccc(F)cc4)cncc3[nH]2)c(NC)cn1)NC(=C)CCCC. The van der Waals surface area contributed by atoms with Gasteiger partial charge in [0.2, 0.25) is 0 Å². The van der Waals surface area contributed by atoms with Crippen LogP contribution in [-0.4, -0.2) is 22.0 Å². The zero-order valence-electron chi connectivity index (χ0n) is 22.9. The Morgan fingerprint density at radius 3 is 2.62 bits per heavy atom. The van der Waals surface area contributed by atoms with E-state index in [1.54, 1.807) is 18.2 Å². The number of fused-ring (bicyclic) bond motifs is 1. The van der Waals surface area contributed by atoms with Crippen molar-refractivity contribution < 1.29 is 4.39 Å². The number of rotatable bonds is 12. The number of anilines is 1. The minimum Gasteiger partial charge on any atom is -0.387 e. The van der Waals surface area contributed by atoms with E-state index < -0.39 is 0 Å². The van der Waals surface area contributed by atoms with Gasteiger partial charge in [0, 0.05) is 47.7 Å². The first-order valence-corrected chi connectivity index (χ1v) is 13.3. The average molecular weight is 522 g/mol. The van der Waals surface area contributed by atoms with E-state index in [1.165, 1.54) is 12.1 Å². The quantitative estimate of drug-likeness (QED) is 0.165. The summed E-state index contributed by atoms with van der Waals surface area (Å²) >= 11 is 0. The van der Waals surface area contributed by atoms with Gasteiger partial charge >= 0.3 is 0 Å². The van der Waals surface area contributed by atoms with Crippen molar-refractivity contribution in [2.45, 2.75) is 39.5 Å². The van der Waals surface area contributed by atoms with Gasteiger partial charge in [-0.05, 0) is 72.9 Å². The van der Waals surface area contributed by atoms with Gasteiger partial charge in [-0.15, -0.1) is 0 Å². The lowest BCUT2D eigenvalue weighted by molar-refractivity contribution is 0.628. The summed E-state index contributed by atoms with van der Waals surface area (Å²) in [4.78, 5) is 12.7. The summed E-state index contributed by atoms with van der Waals surface area (Å²) in [6.07, 6.45) is 15.2. The molecule has 0 spiro atoms. The molecule has 0 bridgehead atoms. The van der Waals surface area contributed by atoms with Gasteiger partial charge in [-0.25, -0.2) is 4.39 Å². The number of aromatic nitrogens is 3. The predicted molar refractivity (Wildman–Crippen MR) is 162 cm³/mol. The Labute approximate surface area is 230 Å². The molecule has 3 aromatic heterocycles. The van der Waals surface area contributed by atoms with Crippen LogP contribution < -0.4 is 10.6 Å². The highest BCUT2D eigenvalue weighted by Gasteiger charge is 2.13. The largest absolute Gasteiger partial charge is 0.387 e. The van der Waals surface area contributed by atoms with Crippen LogP contribution in [-0.2, 0) is 6.42 Å². The molecular weight excluding hydrogens is 485 g/mol. The summed E-state index contributed by atoms with van der Waals surface area (Å²) in [5, 5.41) is 7.71. The number of allylic oxidation sites excluding steroid dienone is 5. The van der Waals surface area contributed by atoms with Crippen LogP contribution in [0.2, 0.25) is 0 Å². The topological polar surface area (TPSA) is 65.6 Å². The number of hydrogen-bond donors (Lipinski definition) is 3. The Kier molecular flexibility index (Phi) is 9.10. The summed E-state index contributed by atoms with van der Waals surface area (Å²) < 4.78 is 13.5. The molecule has 4 rings (SSSR count). The van der Waals surface area contributed by atoms with Crippen LogP contribution in [0.1, 0.15) is 50.1 Å². The Balaban J connectivity index is 1.64. The fraction of sp³-hybridized carbons (Fsp3) is 0.212. The van der Waals surface area contributed by atoms with Crippen LogP contribution in [0.5, 0.6) is 0 Å². The molecule has 0 saturated heterocycles. The van der Waals surface area contributed by atoms with E-state index in [0.29, 0.717) is 6.42 Å². The molecular formula is C33H36FN5. The van der Waals surface area contributed by atoms with Crippen molar-refractivity contribution in [1.82, 2.24) is 20.3 Å². The van der Waals surface area contributed by atoms with Crippen molar-refractivity contribution in [2.24, 2.45) is 0 Å². The van der Waals surface area contributed by atoms with Gasteiger partial charge in [-0.2, -0.15) is 0 Å². The van der Waals surface area contributed by atoms with Gasteiger partial charge in [0.15, 0.2) is 0 Å². The first-order valence-electron chi connectivity index (χ1n) is 13.3. The Hall–Kier alpha value is -4.45. The van der Waals surface area contributed by atoms with Gasteiger partial charge in [0.05, 0.1) is 29.3 Å². The fourth-order valence-electron chi connectivity index (χ4n) is 4.57. The van der Waals surface area contributed by atoms with Gasteiger partial charge in [0.25, 0.3) is 0 Å². The maximum absolute atomic E-state index is 13.5. The van der Waals surface area contributed by atoms with Crippen LogP contribution in [0.25, 0.3) is 27.6 Å². The summed E-state index contributed by atoms with van der Waals surface area (Å²) in [7, 11) is 1.90. The van der Waals surface area contributed by atoms with Crippen molar-refractivity contribution in [2.75, 3.05) is 12.4 Å². The average Bonchev–Trinajstić information content (AvgIpc) is 3.37. The van der Waals surface area contributed by atoms with E-state index in [1.807, 2.05) is 32.6 Å². The lowest BCUT2D eigenvalue weighted by Gasteiger charge is -2.13. The molecule has 0 amide bonds. The molecule has 0 aliphatic carbocycles. The lowest BCUT2D eigenvalue weighted by Crippen LogP contribution is -2.10. The minimum atomic E-state index is -0.255. The van der Waals surface area contributed by atoms with E-state index in [9.17, 15) is 4.39 Å². The van der Waals surface area contributed by atoms with Crippen LogP contribution in [0.4, 0.5) is 10.1 Å². The molecule has 0 radical (unpaired) electrons. The zero-order valence-corrected chi connectivity index (χ0v) is 22.9. The number of benzene rings is 1. The highest BCUT2D eigenvalue weighted by atomic mass is 19.1. The van der Waals surface area contributed by atoms with E-state index in [4.69, 9.17) is 4.98 Å². The Morgan fingerprint density at radius 2 is 1.92 bits per heavy atom. The minimum absolute atomic E-state index is 0.255. The Bertz CT molecular complexity index is 1530. The molecule has 1 aromatic carbocycles. The number of unbranched alkanes of at least 4 members (excludes halogenated alkanes) is 1. The lowest BCUT2D eigenvalue weighted by atomic mass is 10.0. The highest BCUT2D eigenvalue weighted by molar-refractivity contribution is 5.94. The second-order valence-corrected chi connectivity index (χ2v) is 9.48. The van der Waals surface area contributed by atoms with Gasteiger partial charge in [-0.3, -0.25) is 9.97 Å². The third-order valence-electron chi connectivity index (χ3n) is 6.69. The normalized spacial score (nSPS) is 12.0. The van der Waals surface area contributed by atoms with Crippen molar-refractivity contribution in [3.8, 4) is 11.1 Å². The molecule has 0 atom stereocenters. The van der Waals surface area contributed by atoms with Crippen molar-refractivity contribution in [1.29, 1.82) is 0 Å². The van der Waals surface area contributed by atoms with E-state index in [-0.39, 0.29) is 5.82 Å². The van der Waals surface area contributed by atoms with Crippen LogP contribution >= 0.6 is 0 Å². The number of H-pyrrole nitrogens is 1. The smallest absolute Gasteiger partial charge is 0.123 e. The third-order valence-corrected chi connectivity index (χ3v) is 6.69. The maximum Gasteiger partial charge on any atom is 0.123 e. The number of aromatic amines is 1. The van der Waals surface area contributed by atoms with E-state index in [0.717, 1.165) is 80.9 Å². The summed E-state index contributed by atoms with van der Waals surface area (Å²) in [6, 6.07) is 10.8. The fourth-order valence-corrected chi connectivity index (χ4v) is 4.57. The highest BCUT2D eigenvalue weighted by Crippen LogP contribution is 2.30. The number of nitrogens with zero attached hydrogens (tertiary/aromatic N) is 2. The van der Waals surface area contributed by atoms with Gasteiger partial charge < -0.3 is 15.6 Å². The zero-order chi connectivity index (χ0) is 27.8. The number of nitrogens with one attached hydrogen (secondary N) is 3. The van der Waals surface area contributed by atoms with Crippen LogP contribution in [0, 0.1) is 5.82 Å². The van der Waals surface area contributed by atoms with Crippen LogP contribution in [0.15, 0.2) is 97.8 Å². The molecule has 0 unspecified atom stereocenters. The third kappa shape index (κ3) is 6.71. The summed E-state index contributed by atoms with van der Waals surface area (Å²) in [5.41, 5.74) is 9.68.